The van der Waals surface area contributed by atoms with Gasteiger partial charge in [-0.3, -0.25) is 0 Å². The highest BCUT2D eigenvalue weighted by Gasteiger charge is 1.81. The monoisotopic (exact) mass is 160 g/mol. The third-order valence-electron chi connectivity index (χ3n) is 1.14. The minimum atomic E-state index is 0.830. The molecule has 0 fully saturated rings. The minimum absolute atomic E-state index is 0.830. The van der Waals surface area contributed by atoms with E-state index in [9.17, 15) is 0 Å². The zero-order valence-electron chi connectivity index (χ0n) is 6.55. The molecular formula is C8H16OS. The predicted molar refractivity (Wildman–Crippen MR) is 48.7 cm³/mol. The molecular weight excluding hydrogens is 144 g/mol. The summed E-state index contributed by atoms with van der Waals surface area (Å²) in [7, 11) is 0. The second-order valence-corrected chi connectivity index (χ2v) is 2.36. The van der Waals surface area contributed by atoms with Gasteiger partial charge in [0.1, 0.15) is 0 Å². The molecule has 0 saturated carbocycles. The van der Waals surface area contributed by atoms with Crippen LogP contribution in [0.4, 0.5) is 0 Å². The van der Waals surface area contributed by atoms with Crippen LogP contribution in [-0.4, -0.2) is 19.0 Å². The van der Waals surface area contributed by atoms with E-state index in [4.69, 9.17) is 4.74 Å². The molecule has 0 N–H and O–H groups in total. The Bertz CT molecular complexity index is 81.3. The standard InChI is InChI=1S/C8H16OS/c1-2-9-7-5-3-4-6-8-10/h4,6,10H,2-3,5,7-8H2,1H3. The van der Waals surface area contributed by atoms with Gasteiger partial charge in [0.15, 0.2) is 0 Å². The molecule has 0 spiro atoms. The number of ether oxygens (including phenoxy) is 1. The van der Waals surface area contributed by atoms with Crippen molar-refractivity contribution in [3.8, 4) is 0 Å². The Morgan fingerprint density at radius 3 is 2.80 bits per heavy atom. The summed E-state index contributed by atoms with van der Waals surface area (Å²) in [4.78, 5) is 0. The maximum Gasteiger partial charge on any atom is 0.0468 e. The summed E-state index contributed by atoms with van der Waals surface area (Å²) in [6, 6.07) is 0. The van der Waals surface area contributed by atoms with Gasteiger partial charge in [-0.2, -0.15) is 12.6 Å². The van der Waals surface area contributed by atoms with Gasteiger partial charge in [0, 0.05) is 19.0 Å². The van der Waals surface area contributed by atoms with Gasteiger partial charge in [-0.05, 0) is 19.8 Å². The average molecular weight is 160 g/mol. The van der Waals surface area contributed by atoms with E-state index in [0.29, 0.717) is 0 Å². The number of thiol groups is 1. The highest BCUT2D eigenvalue weighted by atomic mass is 32.1. The van der Waals surface area contributed by atoms with Gasteiger partial charge in [-0.1, -0.05) is 12.2 Å². The van der Waals surface area contributed by atoms with Crippen LogP contribution in [0.2, 0.25) is 0 Å². The molecule has 0 aromatic rings. The molecule has 0 aliphatic heterocycles. The van der Waals surface area contributed by atoms with Gasteiger partial charge >= 0.3 is 0 Å². The lowest BCUT2D eigenvalue weighted by atomic mass is 10.3. The van der Waals surface area contributed by atoms with E-state index in [-0.39, 0.29) is 0 Å². The van der Waals surface area contributed by atoms with E-state index >= 15 is 0 Å². The van der Waals surface area contributed by atoms with E-state index < -0.39 is 0 Å². The highest BCUT2D eigenvalue weighted by molar-refractivity contribution is 7.80. The van der Waals surface area contributed by atoms with E-state index in [1.807, 2.05) is 6.92 Å². The lowest BCUT2D eigenvalue weighted by Crippen LogP contribution is -1.91. The molecule has 0 saturated heterocycles. The lowest BCUT2D eigenvalue weighted by molar-refractivity contribution is 0.145. The molecule has 0 heterocycles. The number of allylic oxidation sites excluding steroid dienone is 1. The number of hydrogen-bond acceptors (Lipinski definition) is 2. The molecule has 60 valence electrons. The van der Waals surface area contributed by atoms with Crippen molar-refractivity contribution in [3.63, 3.8) is 0 Å². The lowest BCUT2D eigenvalue weighted by Gasteiger charge is -1.96. The quantitative estimate of drug-likeness (QED) is 0.356. The van der Waals surface area contributed by atoms with E-state index in [2.05, 4.69) is 24.8 Å². The van der Waals surface area contributed by atoms with Crippen LogP contribution in [0, 0.1) is 0 Å². The van der Waals surface area contributed by atoms with Gasteiger partial charge in [0.05, 0.1) is 0 Å². The first kappa shape index (κ1) is 10.0. The van der Waals surface area contributed by atoms with Crippen molar-refractivity contribution in [1.82, 2.24) is 0 Å². The van der Waals surface area contributed by atoms with Crippen molar-refractivity contribution in [3.05, 3.63) is 12.2 Å². The zero-order chi connectivity index (χ0) is 7.66. The maximum atomic E-state index is 5.16. The fourth-order valence-electron chi connectivity index (χ4n) is 0.640. The van der Waals surface area contributed by atoms with Crippen molar-refractivity contribution in [2.24, 2.45) is 0 Å². The van der Waals surface area contributed by atoms with Gasteiger partial charge in [0.25, 0.3) is 0 Å². The average Bonchev–Trinajstić information content (AvgIpc) is 1.97. The summed E-state index contributed by atoms with van der Waals surface area (Å²) in [5, 5.41) is 0. The molecule has 0 radical (unpaired) electrons. The molecule has 2 heteroatoms. The smallest absolute Gasteiger partial charge is 0.0468 e. The molecule has 0 bridgehead atoms. The van der Waals surface area contributed by atoms with Gasteiger partial charge in [-0.15, -0.1) is 0 Å². The minimum Gasteiger partial charge on any atom is -0.382 e. The molecule has 1 nitrogen and oxygen atoms in total. The van der Waals surface area contributed by atoms with Crippen LogP contribution in [0.5, 0.6) is 0 Å². The molecule has 0 aromatic heterocycles. The van der Waals surface area contributed by atoms with Crippen LogP contribution in [0.1, 0.15) is 19.8 Å². The van der Waals surface area contributed by atoms with E-state index in [1.165, 1.54) is 0 Å². The summed E-state index contributed by atoms with van der Waals surface area (Å²) < 4.78 is 5.16. The van der Waals surface area contributed by atoms with E-state index in [1.54, 1.807) is 0 Å². The number of unbranched alkanes of at least 4 members (excludes halogenated alkanes) is 1. The summed E-state index contributed by atoms with van der Waals surface area (Å²) in [5.74, 6) is 0.842. The third-order valence-corrected chi connectivity index (χ3v) is 1.35. The molecule has 0 amide bonds. The summed E-state index contributed by atoms with van der Waals surface area (Å²) in [6.45, 7) is 3.73. The highest BCUT2D eigenvalue weighted by Crippen LogP contribution is 1.92. The molecule has 0 aromatic carbocycles. The van der Waals surface area contributed by atoms with Crippen molar-refractivity contribution < 1.29 is 4.74 Å². The first-order chi connectivity index (χ1) is 4.91. The van der Waals surface area contributed by atoms with Gasteiger partial charge in [-0.25, -0.2) is 0 Å². The Kier molecular flexibility index (Phi) is 9.10. The normalized spacial score (nSPS) is 11.0. The maximum absolute atomic E-state index is 5.16. The van der Waals surface area contributed by atoms with Crippen molar-refractivity contribution in [2.75, 3.05) is 19.0 Å². The van der Waals surface area contributed by atoms with Crippen LogP contribution < -0.4 is 0 Å². The van der Waals surface area contributed by atoms with Crippen LogP contribution in [-0.2, 0) is 4.74 Å². The van der Waals surface area contributed by atoms with Gasteiger partial charge < -0.3 is 4.74 Å². The SMILES string of the molecule is CCOCCCC=CCS. The molecule has 0 rings (SSSR count). The fourth-order valence-corrected chi connectivity index (χ4v) is 0.789. The Hall–Kier alpha value is 0.0500. The Labute approximate surface area is 68.9 Å². The molecule has 0 aliphatic carbocycles. The molecule has 0 unspecified atom stereocenters. The predicted octanol–water partition coefficient (Wildman–Crippen LogP) is 2.29. The number of rotatable bonds is 6. The molecule has 0 aliphatic rings. The Balaban J connectivity index is 2.83. The molecule has 10 heavy (non-hydrogen) atoms. The Morgan fingerprint density at radius 2 is 2.20 bits per heavy atom. The zero-order valence-corrected chi connectivity index (χ0v) is 7.44. The van der Waals surface area contributed by atoms with Crippen LogP contribution in [0.25, 0.3) is 0 Å². The summed E-state index contributed by atoms with van der Waals surface area (Å²) in [6.07, 6.45) is 6.44. The topological polar surface area (TPSA) is 9.23 Å². The molecule has 0 atom stereocenters. The summed E-state index contributed by atoms with van der Waals surface area (Å²) >= 11 is 4.05. The number of hydrogen-bond donors (Lipinski definition) is 1. The second kappa shape index (κ2) is 9.05. The van der Waals surface area contributed by atoms with E-state index in [0.717, 1.165) is 31.8 Å². The summed E-state index contributed by atoms with van der Waals surface area (Å²) in [5.41, 5.74) is 0. The van der Waals surface area contributed by atoms with Gasteiger partial charge in [0.2, 0.25) is 0 Å². The third kappa shape index (κ3) is 8.05. The van der Waals surface area contributed by atoms with Crippen LogP contribution in [0.15, 0.2) is 12.2 Å². The van der Waals surface area contributed by atoms with Crippen molar-refractivity contribution >= 4 is 12.6 Å². The van der Waals surface area contributed by atoms with Crippen LogP contribution in [0.3, 0.4) is 0 Å². The van der Waals surface area contributed by atoms with Crippen molar-refractivity contribution in [2.45, 2.75) is 19.8 Å². The van der Waals surface area contributed by atoms with Crippen LogP contribution >= 0.6 is 12.6 Å². The Morgan fingerprint density at radius 1 is 1.40 bits per heavy atom. The first-order valence-corrected chi connectivity index (χ1v) is 4.38. The van der Waals surface area contributed by atoms with Crippen molar-refractivity contribution in [1.29, 1.82) is 0 Å². The largest absolute Gasteiger partial charge is 0.382 e. The second-order valence-electron chi connectivity index (χ2n) is 1.99. The first-order valence-electron chi connectivity index (χ1n) is 3.75. The fraction of sp³-hybridized carbons (Fsp3) is 0.750.